The van der Waals surface area contributed by atoms with Gasteiger partial charge < -0.3 is 10.2 Å². The fraction of sp³-hybridized carbons (Fsp3) is 0.632. The number of amides is 1. The van der Waals surface area contributed by atoms with E-state index in [-0.39, 0.29) is 23.9 Å². The zero-order valence-corrected chi connectivity index (χ0v) is 14.5. The van der Waals surface area contributed by atoms with Crippen LogP contribution in [-0.4, -0.2) is 36.5 Å². The second-order valence-corrected chi connectivity index (χ2v) is 7.30. The lowest BCUT2D eigenvalue weighted by Crippen LogP contribution is -2.53. The molecule has 2 unspecified atom stereocenters. The van der Waals surface area contributed by atoms with Crippen LogP contribution in [0.15, 0.2) is 24.3 Å². The molecular weight excluding hydrogens is 308 g/mol. The number of halogens is 1. The summed E-state index contributed by atoms with van der Waals surface area (Å²) in [5.41, 5.74) is 3.27. The highest BCUT2D eigenvalue weighted by Gasteiger charge is 2.42. The van der Waals surface area contributed by atoms with Crippen LogP contribution < -0.4 is 5.32 Å². The zero-order valence-electron chi connectivity index (χ0n) is 13.7. The van der Waals surface area contributed by atoms with E-state index < -0.39 is 0 Å². The number of aryl methyl sites for hydroxylation is 1. The molecule has 2 heterocycles. The Bertz CT molecular complexity index is 570. The number of carbonyl (C=O) groups is 1. The van der Waals surface area contributed by atoms with Crippen molar-refractivity contribution in [2.75, 3.05) is 19.6 Å². The summed E-state index contributed by atoms with van der Waals surface area (Å²) in [5.74, 6) is 0.347. The van der Waals surface area contributed by atoms with E-state index in [1.54, 1.807) is 0 Å². The Morgan fingerprint density at radius 2 is 2.00 bits per heavy atom. The van der Waals surface area contributed by atoms with E-state index in [0.717, 1.165) is 38.9 Å². The number of carbonyl (C=O) groups excluding carboxylic acids is 1. The molecule has 3 aliphatic rings. The third kappa shape index (κ3) is 3.01. The van der Waals surface area contributed by atoms with Crippen LogP contribution in [0.5, 0.6) is 0 Å². The number of hydrogen-bond donors (Lipinski definition) is 1. The lowest BCUT2D eigenvalue weighted by molar-refractivity contribution is -0.135. The number of hydrogen-bond acceptors (Lipinski definition) is 2. The molecule has 1 spiro atoms. The van der Waals surface area contributed by atoms with E-state index in [9.17, 15) is 4.79 Å². The second kappa shape index (κ2) is 6.82. The van der Waals surface area contributed by atoms with Crippen molar-refractivity contribution in [3.05, 3.63) is 35.4 Å². The molecule has 2 saturated heterocycles. The van der Waals surface area contributed by atoms with Crippen LogP contribution in [-0.2, 0) is 16.6 Å². The van der Waals surface area contributed by atoms with Gasteiger partial charge >= 0.3 is 0 Å². The molecule has 1 aliphatic carbocycles. The molecule has 2 aliphatic heterocycles. The molecule has 0 bridgehead atoms. The van der Waals surface area contributed by atoms with Crippen molar-refractivity contribution in [3.8, 4) is 0 Å². The van der Waals surface area contributed by atoms with Gasteiger partial charge in [-0.3, -0.25) is 4.79 Å². The van der Waals surface area contributed by atoms with Crippen LogP contribution in [0.4, 0.5) is 0 Å². The van der Waals surface area contributed by atoms with Gasteiger partial charge in [-0.25, -0.2) is 0 Å². The van der Waals surface area contributed by atoms with E-state index in [4.69, 9.17) is 0 Å². The van der Waals surface area contributed by atoms with Crippen molar-refractivity contribution in [1.82, 2.24) is 10.2 Å². The monoisotopic (exact) mass is 334 g/mol. The van der Waals surface area contributed by atoms with Gasteiger partial charge in [0.15, 0.2) is 0 Å². The van der Waals surface area contributed by atoms with Gasteiger partial charge in [0.1, 0.15) is 0 Å². The summed E-state index contributed by atoms with van der Waals surface area (Å²) in [6, 6.07) is 9.01. The second-order valence-electron chi connectivity index (χ2n) is 7.30. The maximum absolute atomic E-state index is 12.8. The van der Waals surface area contributed by atoms with Crippen LogP contribution in [0.3, 0.4) is 0 Å². The Morgan fingerprint density at radius 1 is 1.17 bits per heavy atom. The van der Waals surface area contributed by atoms with Crippen molar-refractivity contribution in [3.63, 3.8) is 0 Å². The molecule has 0 aromatic heterocycles. The van der Waals surface area contributed by atoms with Crippen LogP contribution in [0.1, 0.15) is 49.7 Å². The highest BCUT2D eigenvalue weighted by atomic mass is 35.5. The maximum Gasteiger partial charge on any atom is 0.239 e. The average Bonchev–Trinajstić information content (AvgIpc) is 3.09. The molecule has 1 amide bonds. The molecule has 4 heteroatoms. The molecule has 1 aromatic carbocycles. The van der Waals surface area contributed by atoms with Gasteiger partial charge in [0, 0.05) is 18.5 Å². The van der Waals surface area contributed by atoms with Crippen LogP contribution >= 0.6 is 12.4 Å². The molecule has 126 valence electrons. The van der Waals surface area contributed by atoms with Crippen LogP contribution in [0, 0.1) is 0 Å². The van der Waals surface area contributed by atoms with Gasteiger partial charge in [-0.2, -0.15) is 0 Å². The van der Waals surface area contributed by atoms with Crippen molar-refractivity contribution < 1.29 is 4.79 Å². The average molecular weight is 335 g/mol. The van der Waals surface area contributed by atoms with E-state index in [1.807, 2.05) is 0 Å². The Labute approximate surface area is 145 Å². The number of nitrogens with one attached hydrogen (secondary N) is 1. The van der Waals surface area contributed by atoms with Gasteiger partial charge in [-0.1, -0.05) is 24.3 Å². The number of benzene rings is 1. The Hall–Kier alpha value is -1.06. The molecule has 3 nitrogen and oxygen atoms in total. The normalized spacial score (nSPS) is 29.9. The lowest BCUT2D eigenvalue weighted by atomic mass is 9.66. The van der Waals surface area contributed by atoms with Gasteiger partial charge in [0.25, 0.3) is 0 Å². The summed E-state index contributed by atoms with van der Waals surface area (Å²) in [7, 11) is 0. The molecule has 0 radical (unpaired) electrons. The number of nitrogens with zero attached hydrogens (tertiary/aromatic N) is 1. The van der Waals surface area contributed by atoms with E-state index in [1.165, 1.54) is 36.8 Å². The van der Waals surface area contributed by atoms with Crippen LogP contribution in [0.2, 0.25) is 0 Å². The number of likely N-dealkylation sites (tertiary alicyclic amines) is 1. The molecular formula is C19H27ClN2O. The SMILES string of the molecule is Cl.O=C(C1CCCN1)N1CCCC2(CCCc3ccccc32)C1. The Balaban J connectivity index is 0.00000156. The van der Waals surface area contributed by atoms with Crippen molar-refractivity contribution in [2.45, 2.75) is 56.4 Å². The summed E-state index contributed by atoms with van der Waals surface area (Å²) in [6.45, 7) is 2.88. The number of piperidine rings is 1. The third-order valence-corrected chi connectivity index (χ3v) is 5.94. The zero-order chi connectivity index (χ0) is 15.0. The smallest absolute Gasteiger partial charge is 0.239 e. The standard InChI is InChI=1S/C19H26N2O.ClH/c22-18(17-9-4-12-20-17)21-13-5-11-19(14-21)10-3-7-15-6-1-2-8-16(15)19;/h1-2,6,8,17,20H,3-5,7,9-14H2;1H. The largest absolute Gasteiger partial charge is 0.340 e. The summed E-state index contributed by atoms with van der Waals surface area (Å²) < 4.78 is 0. The minimum Gasteiger partial charge on any atom is -0.340 e. The van der Waals surface area contributed by atoms with Crippen LogP contribution in [0.25, 0.3) is 0 Å². The quantitative estimate of drug-likeness (QED) is 0.856. The highest BCUT2D eigenvalue weighted by molar-refractivity contribution is 5.85. The maximum atomic E-state index is 12.8. The van der Waals surface area contributed by atoms with E-state index >= 15 is 0 Å². The van der Waals surface area contributed by atoms with Gasteiger partial charge in [0.2, 0.25) is 5.91 Å². The molecule has 23 heavy (non-hydrogen) atoms. The van der Waals surface area contributed by atoms with Gasteiger partial charge in [-0.15, -0.1) is 12.4 Å². The molecule has 1 aromatic rings. The fourth-order valence-corrected chi connectivity index (χ4v) is 4.87. The third-order valence-electron chi connectivity index (χ3n) is 5.94. The number of fused-ring (bicyclic) bond motifs is 2. The number of rotatable bonds is 1. The Morgan fingerprint density at radius 3 is 2.83 bits per heavy atom. The van der Waals surface area contributed by atoms with Crippen molar-refractivity contribution in [1.29, 1.82) is 0 Å². The van der Waals surface area contributed by atoms with Gasteiger partial charge in [0.05, 0.1) is 6.04 Å². The molecule has 2 atom stereocenters. The van der Waals surface area contributed by atoms with E-state index in [0.29, 0.717) is 5.91 Å². The topological polar surface area (TPSA) is 32.3 Å². The Kier molecular flexibility index (Phi) is 4.98. The first-order chi connectivity index (χ1) is 10.8. The predicted octanol–water partition coefficient (Wildman–Crippen LogP) is 3.06. The molecule has 0 saturated carbocycles. The summed E-state index contributed by atoms with van der Waals surface area (Å²) in [5, 5.41) is 3.37. The highest BCUT2D eigenvalue weighted by Crippen LogP contribution is 2.43. The first kappa shape index (κ1) is 16.8. The fourth-order valence-electron chi connectivity index (χ4n) is 4.87. The van der Waals surface area contributed by atoms with Crippen molar-refractivity contribution in [2.24, 2.45) is 0 Å². The first-order valence-electron chi connectivity index (χ1n) is 8.89. The minimum atomic E-state index is 0. The first-order valence-corrected chi connectivity index (χ1v) is 8.89. The van der Waals surface area contributed by atoms with Gasteiger partial charge in [-0.05, 0) is 62.6 Å². The van der Waals surface area contributed by atoms with Crippen molar-refractivity contribution >= 4 is 18.3 Å². The molecule has 4 rings (SSSR count). The summed E-state index contributed by atoms with van der Waals surface area (Å²) in [6.07, 6.45) is 8.25. The molecule has 2 fully saturated rings. The summed E-state index contributed by atoms with van der Waals surface area (Å²) in [4.78, 5) is 15.0. The predicted molar refractivity (Wildman–Crippen MR) is 95.1 cm³/mol. The molecule has 1 N–H and O–H groups in total. The lowest BCUT2D eigenvalue weighted by Gasteiger charge is -2.47. The van der Waals surface area contributed by atoms with E-state index in [2.05, 4.69) is 34.5 Å². The summed E-state index contributed by atoms with van der Waals surface area (Å²) >= 11 is 0. The minimum absolute atomic E-state index is 0.